The van der Waals surface area contributed by atoms with E-state index in [1.54, 1.807) is 13.8 Å². The number of halogens is 1. The second-order valence-corrected chi connectivity index (χ2v) is 9.15. The van der Waals surface area contributed by atoms with Gasteiger partial charge in [-0.25, -0.2) is 8.42 Å². The Balaban J connectivity index is 2.91. The zero-order valence-electron chi connectivity index (χ0n) is 12.1. The molecule has 0 amide bonds. The van der Waals surface area contributed by atoms with Crippen LogP contribution in [0.15, 0.2) is 28.7 Å². The maximum atomic E-state index is 11.8. The van der Waals surface area contributed by atoms with Gasteiger partial charge in [0.05, 0.1) is 4.75 Å². The summed E-state index contributed by atoms with van der Waals surface area (Å²) in [6, 6.07) is 8.17. The molecule has 1 aromatic rings. The largest absolute Gasteiger partial charge is 0.298 e. The predicted molar refractivity (Wildman–Crippen MR) is 84.1 cm³/mol. The lowest BCUT2D eigenvalue weighted by Gasteiger charge is -2.33. The molecule has 19 heavy (non-hydrogen) atoms. The minimum absolute atomic E-state index is 0.150. The van der Waals surface area contributed by atoms with Crippen LogP contribution in [0.2, 0.25) is 0 Å². The van der Waals surface area contributed by atoms with Crippen LogP contribution >= 0.6 is 15.9 Å². The van der Waals surface area contributed by atoms with Gasteiger partial charge in [-0.2, -0.15) is 0 Å². The number of benzene rings is 1. The van der Waals surface area contributed by atoms with Crippen molar-refractivity contribution in [3.8, 4) is 0 Å². The lowest BCUT2D eigenvalue weighted by atomic mass is 10.1. The Labute approximate surface area is 125 Å². The van der Waals surface area contributed by atoms with Crippen molar-refractivity contribution in [3.63, 3.8) is 0 Å². The molecule has 0 N–H and O–H groups in total. The molecule has 1 aromatic carbocycles. The van der Waals surface area contributed by atoms with Gasteiger partial charge in [-0.05, 0) is 39.4 Å². The van der Waals surface area contributed by atoms with Gasteiger partial charge in [0.1, 0.15) is 0 Å². The molecule has 0 spiro atoms. The standard InChI is InChI=1S/C14H22BrNO2S/c1-11(12-8-6-7-9-13(12)15)16(4)10-14(2,3)19(5,17)18/h6-9,11H,10H2,1-5H3/t11-/m0/s1. The Morgan fingerprint density at radius 3 is 2.32 bits per heavy atom. The molecule has 0 bridgehead atoms. The minimum Gasteiger partial charge on any atom is -0.298 e. The van der Waals surface area contributed by atoms with E-state index in [-0.39, 0.29) is 6.04 Å². The molecule has 0 aliphatic rings. The fourth-order valence-electron chi connectivity index (χ4n) is 1.91. The van der Waals surface area contributed by atoms with Crippen LogP contribution in [0.25, 0.3) is 0 Å². The van der Waals surface area contributed by atoms with E-state index in [1.807, 2.05) is 25.2 Å². The summed E-state index contributed by atoms with van der Waals surface area (Å²) in [7, 11) is -1.12. The van der Waals surface area contributed by atoms with Gasteiger partial charge in [-0.1, -0.05) is 34.1 Å². The van der Waals surface area contributed by atoms with Gasteiger partial charge >= 0.3 is 0 Å². The molecular weight excluding hydrogens is 326 g/mol. The number of rotatable bonds is 5. The summed E-state index contributed by atoms with van der Waals surface area (Å²) in [6.07, 6.45) is 1.30. The first-order valence-electron chi connectivity index (χ1n) is 6.20. The summed E-state index contributed by atoms with van der Waals surface area (Å²) in [4.78, 5) is 2.07. The summed E-state index contributed by atoms with van der Waals surface area (Å²) >= 11 is 3.54. The highest BCUT2D eigenvalue weighted by atomic mass is 79.9. The van der Waals surface area contributed by atoms with Crippen molar-refractivity contribution in [2.24, 2.45) is 0 Å². The van der Waals surface area contributed by atoms with Crippen molar-refractivity contribution in [2.75, 3.05) is 19.8 Å². The third kappa shape index (κ3) is 4.04. The molecule has 0 saturated heterocycles. The van der Waals surface area contributed by atoms with Crippen LogP contribution in [-0.2, 0) is 9.84 Å². The van der Waals surface area contributed by atoms with E-state index in [1.165, 1.54) is 6.26 Å². The second-order valence-electron chi connectivity index (χ2n) is 5.64. The number of sulfone groups is 1. The van der Waals surface area contributed by atoms with E-state index < -0.39 is 14.6 Å². The average molecular weight is 348 g/mol. The molecule has 108 valence electrons. The van der Waals surface area contributed by atoms with Gasteiger partial charge in [0.2, 0.25) is 0 Å². The van der Waals surface area contributed by atoms with E-state index in [0.29, 0.717) is 6.54 Å². The average Bonchev–Trinajstić information content (AvgIpc) is 2.26. The van der Waals surface area contributed by atoms with Crippen LogP contribution in [0.4, 0.5) is 0 Å². The van der Waals surface area contributed by atoms with Crippen LogP contribution in [0.5, 0.6) is 0 Å². The van der Waals surface area contributed by atoms with Gasteiger partial charge in [-0.15, -0.1) is 0 Å². The van der Waals surface area contributed by atoms with Gasteiger partial charge in [-0.3, -0.25) is 4.90 Å². The monoisotopic (exact) mass is 347 g/mol. The maximum Gasteiger partial charge on any atom is 0.153 e. The summed E-state index contributed by atoms with van der Waals surface area (Å²) in [6.45, 7) is 6.12. The van der Waals surface area contributed by atoms with Crippen LogP contribution in [0, 0.1) is 0 Å². The molecule has 1 atom stereocenters. The lowest BCUT2D eigenvalue weighted by Crippen LogP contribution is -2.43. The van der Waals surface area contributed by atoms with Crippen LogP contribution < -0.4 is 0 Å². The van der Waals surface area contributed by atoms with Crippen LogP contribution in [0.1, 0.15) is 32.4 Å². The molecule has 0 heterocycles. The fraction of sp³-hybridized carbons (Fsp3) is 0.571. The maximum absolute atomic E-state index is 11.8. The molecule has 0 saturated carbocycles. The van der Waals surface area contributed by atoms with Gasteiger partial charge in [0, 0.05) is 23.3 Å². The summed E-state index contributed by atoms with van der Waals surface area (Å²) < 4.78 is 23.9. The Morgan fingerprint density at radius 1 is 1.32 bits per heavy atom. The van der Waals surface area contributed by atoms with E-state index in [0.717, 1.165) is 10.0 Å². The normalized spacial score (nSPS) is 14.7. The van der Waals surface area contributed by atoms with Crippen LogP contribution in [-0.4, -0.2) is 37.9 Å². The molecule has 0 aromatic heterocycles. The quantitative estimate of drug-likeness (QED) is 0.820. The zero-order valence-corrected chi connectivity index (χ0v) is 14.5. The number of hydrogen-bond donors (Lipinski definition) is 0. The highest BCUT2D eigenvalue weighted by molar-refractivity contribution is 9.10. The van der Waals surface area contributed by atoms with Crippen molar-refractivity contribution in [2.45, 2.75) is 31.6 Å². The van der Waals surface area contributed by atoms with Gasteiger partial charge < -0.3 is 0 Å². The van der Waals surface area contributed by atoms with E-state index in [4.69, 9.17) is 0 Å². The summed E-state index contributed by atoms with van der Waals surface area (Å²) in [5, 5.41) is 0. The fourth-order valence-corrected chi connectivity index (χ4v) is 2.96. The molecule has 0 radical (unpaired) electrons. The minimum atomic E-state index is -3.08. The summed E-state index contributed by atoms with van der Waals surface area (Å²) in [5.74, 6) is 0. The molecule has 3 nitrogen and oxygen atoms in total. The first kappa shape index (κ1) is 16.7. The Hall–Kier alpha value is -0.390. The molecule has 1 rings (SSSR count). The van der Waals surface area contributed by atoms with Crippen LogP contribution in [0.3, 0.4) is 0 Å². The molecular formula is C14H22BrNO2S. The topological polar surface area (TPSA) is 37.4 Å². The zero-order chi connectivity index (χ0) is 14.8. The number of nitrogens with zero attached hydrogens (tertiary/aromatic N) is 1. The SMILES string of the molecule is C[C@@H](c1ccccc1Br)N(C)CC(C)(C)S(C)(=O)=O. The first-order valence-corrected chi connectivity index (χ1v) is 8.89. The van der Waals surface area contributed by atoms with Crippen molar-refractivity contribution >= 4 is 25.8 Å². The highest BCUT2D eigenvalue weighted by Crippen LogP contribution is 2.28. The molecule has 0 aliphatic heterocycles. The van der Waals surface area contributed by atoms with Gasteiger partial charge in [0.15, 0.2) is 9.84 Å². The van der Waals surface area contributed by atoms with Crippen molar-refractivity contribution in [1.82, 2.24) is 4.90 Å². The van der Waals surface area contributed by atoms with E-state index in [2.05, 4.69) is 33.8 Å². The smallest absolute Gasteiger partial charge is 0.153 e. The Morgan fingerprint density at radius 2 is 1.84 bits per heavy atom. The van der Waals surface area contributed by atoms with Crippen molar-refractivity contribution in [1.29, 1.82) is 0 Å². The number of hydrogen-bond acceptors (Lipinski definition) is 3. The summed E-state index contributed by atoms with van der Waals surface area (Å²) in [5.41, 5.74) is 1.16. The van der Waals surface area contributed by atoms with Crippen molar-refractivity contribution in [3.05, 3.63) is 34.3 Å². The van der Waals surface area contributed by atoms with Crippen molar-refractivity contribution < 1.29 is 8.42 Å². The molecule has 5 heteroatoms. The lowest BCUT2D eigenvalue weighted by molar-refractivity contribution is 0.239. The molecule has 0 unspecified atom stereocenters. The van der Waals surface area contributed by atoms with E-state index in [9.17, 15) is 8.42 Å². The third-order valence-electron chi connectivity index (χ3n) is 3.65. The molecule has 0 aliphatic carbocycles. The highest BCUT2D eigenvalue weighted by Gasteiger charge is 2.32. The second kappa shape index (κ2) is 5.94. The Kier molecular flexibility index (Phi) is 5.21. The predicted octanol–water partition coefficient (Wildman–Crippen LogP) is 3.27. The third-order valence-corrected chi connectivity index (χ3v) is 6.51. The van der Waals surface area contributed by atoms with Gasteiger partial charge in [0.25, 0.3) is 0 Å². The Bertz CT molecular complexity index is 540. The van der Waals surface area contributed by atoms with E-state index >= 15 is 0 Å². The molecule has 0 fully saturated rings. The first-order chi connectivity index (χ1) is 8.56.